The smallest absolute Gasteiger partial charge is 0.292 e. The average Bonchev–Trinajstić information content (AvgIpc) is 2.58. The second-order valence-electron chi connectivity index (χ2n) is 3.96. The molecule has 1 heterocycles. The number of benzene rings is 1. The monoisotopic (exact) mass is 273 g/mol. The molecule has 7 heteroatoms. The highest BCUT2D eigenvalue weighted by atomic mass is 19.4. The van der Waals surface area contributed by atoms with E-state index in [1.165, 1.54) is 12.1 Å². The molecule has 19 heavy (non-hydrogen) atoms. The summed E-state index contributed by atoms with van der Waals surface area (Å²) in [7, 11) is 0. The highest BCUT2D eigenvalue weighted by Crippen LogP contribution is 2.22. The van der Waals surface area contributed by atoms with Gasteiger partial charge < -0.3 is 0 Å². The normalized spacial score (nSPS) is 15.0. The van der Waals surface area contributed by atoms with Crippen molar-refractivity contribution in [3.8, 4) is 0 Å². The number of rotatable bonds is 4. The zero-order valence-corrected chi connectivity index (χ0v) is 9.74. The van der Waals surface area contributed by atoms with Crippen LogP contribution < -0.4 is 0 Å². The number of alkyl halides is 3. The van der Waals surface area contributed by atoms with Gasteiger partial charge in [0.15, 0.2) is 0 Å². The van der Waals surface area contributed by atoms with E-state index in [9.17, 15) is 22.8 Å². The van der Waals surface area contributed by atoms with E-state index in [2.05, 4.69) is 4.74 Å². The van der Waals surface area contributed by atoms with Crippen molar-refractivity contribution in [3.05, 3.63) is 35.4 Å². The Kier molecular flexibility index (Phi) is 3.57. The lowest BCUT2D eigenvalue weighted by molar-refractivity contribution is -0.324. The van der Waals surface area contributed by atoms with Gasteiger partial charge in [-0.3, -0.25) is 19.2 Å². The van der Waals surface area contributed by atoms with Crippen LogP contribution in [0.3, 0.4) is 0 Å². The minimum absolute atomic E-state index is 0.0645. The molecule has 2 rings (SSSR count). The Bertz CT molecular complexity index is 478. The summed E-state index contributed by atoms with van der Waals surface area (Å²) < 4.78 is 38.9. The molecule has 102 valence electrons. The predicted molar refractivity (Wildman–Crippen MR) is 58.4 cm³/mol. The minimum Gasteiger partial charge on any atom is -0.292 e. The lowest BCUT2D eigenvalue weighted by Gasteiger charge is -2.14. The van der Waals surface area contributed by atoms with Crippen molar-refractivity contribution in [3.63, 3.8) is 0 Å². The Morgan fingerprint density at radius 1 is 1.05 bits per heavy atom. The molecule has 0 atom stereocenters. The van der Waals surface area contributed by atoms with Crippen molar-refractivity contribution in [2.45, 2.75) is 12.8 Å². The van der Waals surface area contributed by atoms with Crippen LogP contribution in [-0.4, -0.2) is 36.2 Å². The summed E-state index contributed by atoms with van der Waals surface area (Å²) in [4.78, 5) is 24.6. The highest BCUT2D eigenvalue weighted by Gasteiger charge is 2.35. The molecule has 1 aromatic rings. The van der Waals surface area contributed by atoms with E-state index in [4.69, 9.17) is 0 Å². The van der Waals surface area contributed by atoms with Crippen LogP contribution in [0.25, 0.3) is 0 Å². The molecule has 1 aromatic carbocycles. The van der Waals surface area contributed by atoms with Gasteiger partial charge in [0.05, 0.1) is 17.7 Å². The molecule has 0 saturated carbocycles. The second-order valence-corrected chi connectivity index (χ2v) is 3.96. The zero-order chi connectivity index (χ0) is 14.0. The number of nitrogens with zero attached hydrogens (tertiary/aromatic N) is 1. The fourth-order valence-corrected chi connectivity index (χ4v) is 1.85. The predicted octanol–water partition coefficient (Wildman–Crippen LogP) is 2.21. The molecule has 0 aliphatic carbocycles. The van der Waals surface area contributed by atoms with Crippen molar-refractivity contribution in [2.75, 3.05) is 13.2 Å². The standard InChI is InChI=1S/C12H10F3NO3/c13-12(14,15)19-7-3-6-16-10(17)8-4-1-2-5-9(8)11(16)18/h1-2,4-5H,3,6-7H2. The van der Waals surface area contributed by atoms with Gasteiger partial charge in [-0.2, -0.15) is 0 Å². The van der Waals surface area contributed by atoms with Gasteiger partial charge >= 0.3 is 6.36 Å². The van der Waals surface area contributed by atoms with E-state index in [0.29, 0.717) is 0 Å². The van der Waals surface area contributed by atoms with Gasteiger partial charge in [-0.15, -0.1) is 13.2 Å². The fourth-order valence-electron chi connectivity index (χ4n) is 1.85. The molecule has 1 aliphatic rings. The first-order valence-corrected chi connectivity index (χ1v) is 5.56. The topological polar surface area (TPSA) is 46.6 Å². The summed E-state index contributed by atoms with van der Waals surface area (Å²) in [6, 6.07) is 6.28. The van der Waals surface area contributed by atoms with Gasteiger partial charge in [-0.05, 0) is 18.6 Å². The second kappa shape index (κ2) is 5.00. The van der Waals surface area contributed by atoms with Gasteiger partial charge in [0.1, 0.15) is 0 Å². The maximum absolute atomic E-state index is 11.8. The maximum Gasteiger partial charge on any atom is 0.522 e. The highest BCUT2D eigenvalue weighted by molar-refractivity contribution is 6.21. The lowest BCUT2D eigenvalue weighted by Crippen LogP contribution is -2.31. The molecular weight excluding hydrogens is 263 g/mol. The first kappa shape index (κ1) is 13.5. The molecule has 0 aromatic heterocycles. The Morgan fingerprint density at radius 2 is 1.58 bits per heavy atom. The summed E-state index contributed by atoms with van der Waals surface area (Å²) in [5.41, 5.74) is 0.563. The molecule has 1 aliphatic heterocycles. The SMILES string of the molecule is O=C1c2ccccc2C(=O)N1CCCOC(F)(F)F. The lowest BCUT2D eigenvalue weighted by atomic mass is 10.1. The van der Waals surface area contributed by atoms with Crippen molar-refractivity contribution >= 4 is 11.8 Å². The number of amides is 2. The largest absolute Gasteiger partial charge is 0.522 e. The van der Waals surface area contributed by atoms with Crippen molar-refractivity contribution in [1.82, 2.24) is 4.90 Å². The van der Waals surface area contributed by atoms with E-state index >= 15 is 0 Å². The Labute approximate surface area is 106 Å². The third-order valence-corrected chi connectivity index (χ3v) is 2.67. The molecule has 0 bridgehead atoms. The number of imide groups is 1. The number of fused-ring (bicyclic) bond motifs is 1. The van der Waals surface area contributed by atoms with Gasteiger partial charge in [-0.25, -0.2) is 0 Å². The van der Waals surface area contributed by atoms with E-state index in [1.807, 2.05) is 0 Å². The summed E-state index contributed by atoms with van der Waals surface area (Å²) in [5.74, 6) is -0.958. The molecule has 0 fully saturated rings. The first-order valence-electron chi connectivity index (χ1n) is 5.56. The van der Waals surface area contributed by atoms with Crippen LogP contribution in [0.15, 0.2) is 24.3 Å². The van der Waals surface area contributed by atoms with Gasteiger partial charge in [0.25, 0.3) is 11.8 Å². The zero-order valence-electron chi connectivity index (χ0n) is 9.74. The number of ether oxygens (including phenoxy) is 1. The van der Waals surface area contributed by atoms with E-state index in [1.54, 1.807) is 12.1 Å². The third kappa shape index (κ3) is 2.93. The van der Waals surface area contributed by atoms with Crippen LogP contribution in [-0.2, 0) is 4.74 Å². The maximum atomic E-state index is 11.8. The van der Waals surface area contributed by atoms with E-state index in [0.717, 1.165) is 4.90 Å². The molecule has 0 saturated heterocycles. The van der Waals surface area contributed by atoms with Gasteiger partial charge in [0.2, 0.25) is 0 Å². The Hall–Kier alpha value is -1.89. The van der Waals surface area contributed by atoms with Crippen LogP contribution in [0.5, 0.6) is 0 Å². The molecular formula is C12H10F3NO3. The fraction of sp³-hybridized carbons (Fsp3) is 0.333. The average molecular weight is 273 g/mol. The number of halogens is 3. The van der Waals surface area contributed by atoms with Crippen LogP contribution in [0.2, 0.25) is 0 Å². The molecule has 0 spiro atoms. The first-order chi connectivity index (χ1) is 8.90. The third-order valence-electron chi connectivity index (χ3n) is 2.67. The molecule has 0 radical (unpaired) electrons. The number of hydrogen-bond donors (Lipinski definition) is 0. The summed E-state index contributed by atoms with van der Waals surface area (Å²) in [5, 5.41) is 0. The van der Waals surface area contributed by atoms with Crippen molar-refractivity contribution < 1.29 is 27.5 Å². The molecule has 2 amide bonds. The van der Waals surface area contributed by atoms with Crippen LogP contribution >= 0.6 is 0 Å². The van der Waals surface area contributed by atoms with E-state index in [-0.39, 0.29) is 24.1 Å². The van der Waals surface area contributed by atoms with Gasteiger partial charge in [-0.1, -0.05) is 12.1 Å². The number of carbonyl (C=O) groups is 2. The minimum atomic E-state index is -4.69. The Morgan fingerprint density at radius 3 is 2.05 bits per heavy atom. The van der Waals surface area contributed by atoms with Crippen LogP contribution in [0.1, 0.15) is 27.1 Å². The van der Waals surface area contributed by atoms with Crippen molar-refractivity contribution in [2.24, 2.45) is 0 Å². The summed E-state index contributed by atoms with van der Waals surface area (Å²) >= 11 is 0. The van der Waals surface area contributed by atoms with Gasteiger partial charge in [0, 0.05) is 6.54 Å². The number of hydrogen-bond acceptors (Lipinski definition) is 3. The van der Waals surface area contributed by atoms with E-state index < -0.39 is 24.8 Å². The molecule has 0 unspecified atom stereocenters. The van der Waals surface area contributed by atoms with Crippen LogP contribution in [0, 0.1) is 0 Å². The van der Waals surface area contributed by atoms with Crippen LogP contribution in [0.4, 0.5) is 13.2 Å². The molecule has 4 nitrogen and oxygen atoms in total. The Balaban J connectivity index is 1.94. The molecule has 0 N–H and O–H groups in total. The number of carbonyl (C=O) groups excluding carboxylic acids is 2. The quantitative estimate of drug-likeness (QED) is 0.624. The summed E-state index contributed by atoms with van der Waals surface area (Å²) in [6.45, 7) is -0.681. The van der Waals surface area contributed by atoms with Crippen molar-refractivity contribution in [1.29, 1.82) is 0 Å². The summed E-state index contributed by atoms with van der Waals surface area (Å²) in [6.07, 6.45) is -4.76.